The number of benzene rings is 3. The van der Waals surface area contributed by atoms with Crippen molar-refractivity contribution in [3.8, 4) is 11.1 Å². The van der Waals surface area contributed by atoms with Crippen LogP contribution in [-0.2, 0) is 25.5 Å². The van der Waals surface area contributed by atoms with Gasteiger partial charge in [-0.2, -0.15) is 0 Å². The van der Waals surface area contributed by atoms with Crippen molar-refractivity contribution in [3.63, 3.8) is 0 Å². The van der Waals surface area contributed by atoms with Crippen molar-refractivity contribution in [2.75, 3.05) is 13.2 Å². The molecule has 1 saturated heterocycles. The first-order chi connectivity index (χ1) is 19.8. The first-order valence-corrected chi connectivity index (χ1v) is 13.8. The van der Waals surface area contributed by atoms with Crippen LogP contribution < -0.4 is 10.6 Å². The van der Waals surface area contributed by atoms with Crippen LogP contribution in [0.25, 0.3) is 11.1 Å². The third kappa shape index (κ3) is 6.09. The molecule has 3 N–H and O–H groups in total. The van der Waals surface area contributed by atoms with Crippen molar-refractivity contribution in [2.45, 2.75) is 50.2 Å². The minimum atomic E-state index is -1.18. The van der Waals surface area contributed by atoms with Gasteiger partial charge >= 0.3 is 12.1 Å². The lowest BCUT2D eigenvalue weighted by molar-refractivity contribution is -0.141. The number of aliphatic carboxylic acids is 1. The predicted octanol–water partition coefficient (Wildman–Crippen LogP) is 3.72. The first-order valence-electron chi connectivity index (χ1n) is 13.8. The number of carbonyl (C=O) groups is 4. The second kappa shape index (κ2) is 12.2. The van der Waals surface area contributed by atoms with Gasteiger partial charge < -0.3 is 20.5 Å². The van der Waals surface area contributed by atoms with Crippen molar-refractivity contribution in [1.82, 2.24) is 15.5 Å². The molecule has 0 aromatic heterocycles. The Balaban J connectivity index is 1.26. The number of nitrogens with one attached hydrogen (secondary N) is 2. The predicted molar refractivity (Wildman–Crippen MR) is 152 cm³/mol. The van der Waals surface area contributed by atoms with E-state index in [1.165, 1.54) is 11.8 Å². The van der Waals surface area contributed by atoms with Gasteiger partial charge in [-0.15, -0.1) is 0 Å². The number of ether oxygens (including phenoxy) is 1. The molecule has 1 aliphatic heterocycles. The summed E-state index contributed by atoms with van der Waals surface area (Å²) in [4.78, 5) is 52.4. The highest BCUT2D eigenvalue weighted by Gasteiger charge is 2.38. The quantitative estimate of drug-likeness (QED) is 0.370. The van der Waals surface area contributed by atoms with E-state index in [-0.39, 0.29) is 18.9 Å². The van der Waals surface area contributed by atoms with Gasteiger partial charge in [0.1, 0.15) is 24.7 Å². The fourth-order valence-corrected chi connectivity index (χ4v) is 5.64. The molecule has 0 spiro atoms. The number of hydrogen-bond acceptors (Lipinski definition) is 5. The van der Waals surface area contributed by atoms with Crippen LogP contribution in [-0.4, -0.2) is 65.2 Å². The minimum Gasteiger partial charge on any atom is -0.480 e. The Morgan fingerprint density at radius 2 is 1.51 bits per heavy atom. The zero-order chi connectivity index (χ0) is 28.9. The molecule has 1 aliphatic carbocycles. The molecule has 3 aromatic rings. The molecule has 212 valence electrons. The van der Waals surface area contributed by atoms with Crippen molar-refractivity contribution in [2.24, 2.45) is 0 Å². The van der Waals surface area contributed by atoms with Crippen LogP contribution in [0.15, 0.2) is 78.9 Å². The zero-order valence-corrected chi connectivity index (χ0v) is 22.8. The molecule has 0 saturated carbocycles. The molecule has 41 heavy (non-hydrogen) atoms. The third-order valence-electron chi connectivity index (χ3n) is 7.77. The molecule has 0 radical (unpaired) electrons. The lowest BCUT2D eigenvalue weighted by Crippen LogP contribution is -2.55. The van der Waals surface area contributed by atoms with Gasteiger partial charge in [-0.25, -0.2) is 4.79 Å². The van der Waals surface area contributed by atoms with Crippen molar-refractivity contribution >= 4 is 23.9 Å². The van der Waals surface area contributed by atoms with Crippen molar-refractivity contribution in [1.29, 1.82) is 0 Å². The number of nitrogens with zero attached hydrogens (tertiary/aromatic N) is 1. The van der Waals surface area contributed by atoms with Crippen LogP contribution in [0, 0.1) is 0 Å². The third-order valence-corrected chi connectivity index (χ3v) is 7.77. The fraction of sp³-hybridized carbons (Fsp3) is 0.312. The molecule has 9 heteroatoms. The highest BCUT2D eigenvalue weighted by atomic mass is 16.6. The molecule has 1 fully saturated rings. The summed E-state index contributed by atoms with van der Waals surface area (Å²) in [5.74, 6) is -2.37. The van der Waals surface area contributed by atoms with E-state index >= 15 is 0 Å². The van der Waals surface area contributed by atoms with Gasteiger partial charge in [0.25, 0.3) is 0 Å². The molecular formula is C32H33N3O6. The Hall–Kier alpha value is -4.66. The second-order valence-electron chi connectivity index (χ2n) is 10.5. The maximum Gasteiger partial charge on any atom is 0.410 e. The average Bonchev–Trinajstić information content (AvgIpc) is 3.60. The molecule has 5 rings (SSSR count). The Kier molecular flexibility index (Phi) is 8.33. The Morgan fingerprint density at radius 3 is 2.15 bits per heavy atom. The Bertz CT molecular complexity index is 1400. The van der Waals surface area contributed by atoms with Crippen LogP contribution in [0.4, 0.5) is 4.79 Å². The summed E-state index contributed by atoms with van der Waals surface area (Å²) in [5, 5.41) is 14.4. The topological polar surface area (TPSA) is 125 Å². The summed E-state index contributed by atoms with van der Waals surface area (Å²) in [7, 11) is 0. The van der Waals surface area contributed by atoms with Crippen LogP contribution in [0.1, 0.15) is 42.4 Å². The molecule has 1 heterocycles. The molecule has 3 atom stereocenters. The minimum absolute atomic E-state index is 0.101. The summed E-state index contributed by atoms with van der Waals surface area (Å²) < 4.78 is 5.79. The summed E-state index contributed by atoms with van der Waals surface area (Å²) in [6.07, 6.45) is 0.644. The standard InChI is InChI=1S/C32H33N3O6/c1-20(31(38)39)33-29(36)27(18-21-10-3-2-4-11-21)34-30(37)28-16-9-17-35(28)32(40)41-19-26-24-14-7-5-12-22(24)23-13-6-8-15-25(23)26/h2-8,10-15,20,26-28H,9,16-19H2,1H3,(H,33,36)(H,34,37)(H,38,39)/t20-,27-,28-/m0/s1. The van der Waals surface area contributed by atoms with E-state index in [9.17, 15) is 24.3 Å². The number of carbonyl (C=O) groups excluding carboxylic acids is 3. The smallest absolute Gasteiger partial charge is 0.410 e. The number of fused-ring (bicyclic) bond motifs is 3. The first kappa shape index (κ1) is 27.9. The van der Waals surface area contributed by atoms with E-state index < -0.39 is 42.0 Å². The van der Waals surface area contributed by atoms with Crippen molar-refractivity contribution in [3.05, 3.63) is 95.6 Å². The van der Waals surface area contributed by atoms with Gasteiger partial charge in [0.05, 0.1) is 0 Å². The Labute approximate surface area is 238 Å². The number of hydrogen-bond donors (Lipinski definition) is 3. The highest BCUT2D eigenvalue weighted by Crippen LogP contribution is 2.44. The summed E-state index contributed by atoms with van der Waals surface area (Å²) in [6, 6.07) is 22.3. The maximum atomic E-state index is 13.4. The SMILES string of the molecule is C[C@H](NC(=O)[C@H](Cc1ccccc1)NC(=O)[C@@H]1CCCN1C(=O)OCC1c2ccccc2-c2ccccc21)C(=O)O. The van der Waals surface area contributed by atoms with E-state index in [2.05, 4.69) is 22.8 Å². The van der Waals surface area contributed by atoms with Gasteiger partial charge in [0, 0.05) is 18.9 Å². The number of likely N-dealkylation sites (tertiary alicyclic amines) is 1. The molecule has 2 aliphatic rings. The average molecular weight is 556 g/mol. The molecule has 9 nitrogen and oxygen atoms in total. The molecule has 0 bridgehead atoms. The Morgan fingerprint density at radius 1 is 0.902 bits per heavy atom. The largest absolute Gasteiger partial charge is 0.480 e. The number of amides is 3. The second-order valence-corrected chi connectivity index (χ2v) is 10.5. The lowest BCUT2D eigenvalue weighted by Gasteiger charge is -2.27. The summed E-state index contributed by atoms with van der Waals surface area (Å²) >= 11 is 0. The van der Waals surface area contributed by atoms with Crippen molar-refractivity contribution < 1.29 is 29.0 Å². The van der Waals surface area contributed by atoms with E-state index in [0.717, 1.165) is 27.8 Å². The van der Waals surface area contributed by atoms with E-state index in [4.69, 9.17) is 4.74 Å². The normalized spacial score (nSPS) is 17.2. The van der Waals surface area contributed by atoms with Crippen LogP contribution in [0.2, 0.25) is 0 Å². The summed E-state index contributed by atoms with van der Waals surface area (Å²) in [6.45, 7) is 1.86. The number of carboxylic acid groups (broad SMARTS) is 1. The molecule has 3 aromatic carbocycles. The lowest BCUT2D eigenvalue weighted by atomic mass is 9.98. The van der Waals surface area contributed by atoms with Gasteiger partial charge in [-0.3, -0.25) is 19.3 Å². The van der Waals surface area contributed by atoms with E-state index in [1.54, 1.807) is 0 Å². The molecule has 3 amide bonds. The maximum absolute atomic E-state index is 13.4. The van der Waals surface area contributed by atoms with Crippen LogP contribution >= 0.6 is 0 Å². The van der Waals surface area contributed by atoms with Gasteiger partial charge in [-0.05, 0) is 47.6 Å². The fourth-order valence-electron chi connectivity index (χ4n) is 5.64. The monoisotopic (exact) mass is 555 g/mol. The van der Waals surface area contributed by atoms with E-state index in [0.29, 0.717) is 19.4 Å². The zero-order valence-electron chi connectivity index (χ0n) is 22.8. The van der Waals surface area contributed by atoms with Gasteiger partial charge in [0.2, 0.25) is 11.8 Å². The van der Waals surface area contributed by atoms with Crippen LogP contribution in [0.3, 0.4) is 0 Å². The molecular weight excluding hydrogens is 522 g/mol. The number of carboxylic acids is 1. The van der Waals surface area contributed by atoms with E-state index in [1.807, 2.05) is 66.7 Å². The van der Waals surface area contributed by atoms with Gasteiger partial charge in [0.15, 0.2) is 0 Å². The van der Waals surface area contributed by atoms with Crippen LogP contribution in [0.5, 0.6) is 0 Å². The summed E-state index contributed by atoms with van der Waals surface area (Å²) in [5.41, 5.74) is 5.26. The number of rotatable bonds is 9. The molecule has 0 unspecified atom stereocenters. The highest BCUT2D eigenvalue weighted by molar-refractivity contribution is 5.93. The van der Waals surface area contributed by atoms with Gasteiger partial charge in [-0.1, -0.05) is 78.9 Å².